The summed E-state index contributed by atoms with van der Waals surface area (Å²) in [6.07, 6.45) is 5.72. The van der Waals surface area contributed by atoms with E-state index in [9.17, 15) is 0 Å². The third-order valence-corrected chi connectivity index (χ3v) is 4.43. The number of fused-ring (bicyclic) bond motifs is 2. The highest BCUT2D eigenvalue weighted by Crippen LogP contribution is 2.56. The minimum absolute atomic E-state index is 0.458. The van der Waals surface area contributed by atoms with Crippen LogP contribution in [0.1, 0.15) is 25.7 Å². The molecule has 0 aromatic heterocycles. The molecule has 2 bridgehead atoms. The first kappa shape index (κ1) is 8.83. The van der Waals surface area contributed by atoms with Gasteiger partial charge in [-0.3, -0.25) is 0 Å². The second kappa shape index (κ2) is 3.19. The summed E-state index contributed by atoms with van der Waals surface area (Å²) in [5.41, 5.74) is 0.458. The molecule has 2 aliphatic rings. The molecule has 0 aliphatic heterocycles. The summed E-state index contributed by atoms with van der Waals surface area (Å²) in [7, 11) is 2.04. The van der Waals surface area contributed by atoms with E-state index >= 15 is 0 Å². The summed E-state index contributed by atoms with van der Waals surface area (Å²) < 4.78 is 0. The number of hydrogen-bond donors (Lipinski definition) is 1. The maximum atomic E-state index is 6.10. The summed E-state index contributed by atoms with van der Waals surface area (Å²) in [6, 6.07) is 0. The lowest BCUT2D eigenvalue weighted by molar-refractivity contribution is 0.192. The minimum atomic E-state index is 0.458. The molecule has 2 heteroatoms. The molecule has 3 unspecified atom stereocenters. The highest BCUT2D eigenvalue weighted by molar-refractivity contribution is 6.18. The van der Waals surface area contributed by atoms with Crippen LogP contribution >= 0.6 is 11.6 Å². The van der Waals surface area contributed by atoms with E-state index in [0.717, 1.165) is 24.3 Å². The van der Waals surface area contributed by atoms with Gasteiger partial charge in [-0.2, -0.15) is 0 Å². The summed E-state index contributed by atoms with van der Waals surface area (Å²) in [6.45, 7) is 1.12. The number of halogens is 1. The van der Waals surface area contributed by atoms with Crippen LogP contribution in [0.4, 0.5) is 0 Å². The lowest BCUT2D eigenvalue weighted by atomic mass is 9.74. The zero-order valence-electron chi connectivity index (χ0n) is 7.78. The van der Waals surface area contributed by atoms with Gasteiger partial charge in [0.2, 0.25) is 0 Å². The molecule has 2 rings (SSSR count). The van der Waals surface area contributed by atoms with Gasteiger partial charge >= 0.3 is 0 Å². The van der Waals surface area contributed by atoms with Crippen molar-refractivity contribution in [1.29, 1.82) is 0 Å². The Labute approximate surface area is 79.9 Å². The van der Waals surface area contributed by atoms with Crippen LogP contribution < -0.4 is 5.32 Å². The van der Waals surface area contributed by atoms with E-state index in [4.69, 9.17) is 11.6 Å². The molecule has 0 spiro atoms. The smallest absolute Gasteiger partial charge is 0.0294 e. The normalized spacial score (nSPS) is 45.5. The maximum Gasteiger partial charge on any atom is 0.0294 e. The van der Waals surface area contributed by atoms with Crippen molar-refractivity contribution in [1.82, 2.24) is 5.32 Å². The van der Waals surface area contributed by atoms with Crippen LogP contribution in [0.5, 0.6) is 0 Å². The Morgan fingerprint density at radius 1 is 1.50 bits per heavy atom. The van der Waals surface area contributed by atoms with Crippen LogP contribution in [0.3, 0.4) is 0 Å². The molecule has 2 fully saturated rings. The van der Waals surface area contributed by atoms with Crippen molar-refractivity contribution in [2.24, 2.45) is 17.3 Å². The molecule has 12 heavy (non-hydrogen) atoms. The maximum absolute atomic E-state index is 6.10. The molecule has 0 radical (unpaired) electrons. The molecule has 1 N–H and O–H groups in total. The van der Waals surface area contributed by atoms with E-state index < -0.39 is 0 Å². The molecular weight excluding hydrogens is 170 g/mol. The van der Waals surface area contributed by atoms with Gasteiger partial charge in [-0.1, -0.05) is 6.42 Å². The quantitative estimate of drug-likeness (QED) is 0.669. The van der Waals surface area contributed by atoms with Crippen LogP contribution in [0.2, 0.25) is 0 Å². The first-order valence-corrected chi connectivity index (χ1v) is 5.55. The predicted octanol–water partition coefficient (Wildman–Crippen LogP) is 2.25. The average molecular weight is 188 g/mol. The summed E-state index contributed by atoms with van der Waals surface area (Å²) in [4.78, 5) is 0. The molecule has 0 aromatic rings. The van der Waals surface area contributed by atoms with E-state index in [-0.39, 0.29) is 0 Å². The highest BCUT2D eigenvalue weighted by atomic mass is 35.5. The van der Waals surface area contributed by atoms with Gasteiger partial charge < -0.3 is 5.32 Å². The molecule has 70 valence electrons. The molecule has 0 amide bonds. The van der Waals surface area contributed by atoms with E-state index in [1.165, 1.54) is 25.7 Å². The third-order valence-electron chi connectivity index (χ3n) is 3.90. The van der Waals surface area contributed by atoms with Gasteiger partial charge in [-0.15, -0.1) is 11.6 Å². The fraction of sp³-hybridized carbons (Fsp3) is 1.00. The van der Waals surface area contributed by atoms with Gasteiger partial charge in [-0.05, 0) is 43.6 Å². The van der Waals surface area contributed by atoms with Gasteiger partial charge in [0.1, 0.15) is 0 Å². The zero-order valence-corrected chi connectivity index (χ0v) is 8.53. The average Bonchev–Trinajstić information content (AvgIpc) is 2.64. The highest BCUT2D eigenvalue weighted by Gasteiger charge is 2.49. The Morgan fingerprint density at radius 2 is 2.33 bits per heavy atom. The number of alkyl halides is 1. The molecule has 2 saturated carbocycles. The van der Waals surface area contributed by atoms with Crippen molar-refractivity contribution in [3.8, 4) is 0 Å². The number of nitrogens with one attached hydrogen (secondary N) is 1. The molecular formula is C10H18ClN. The molecule has 0 aromatic carbocycles. The zero-order chi connectivity index (χ0) is 8.60. The van der Waals surface area contributed by atoms with Crippen LogP contribution in [0, 0.1) is 17.3 Å². The molecule has 0 heterocycles. The topological polar surface area (TPSA) is 12.0 Å². The summed E-state index contributed by atoms with van der Waals surface area (Å²) >= 11 is 6.10. The standard InChI is InChI=1S/C10H18ClN/c1-12-7-10(6-11)5-8-2-3-9(10)4-8/h8-9,12H,2-7H2,1H3. The van der Waals surface area contributed by atoms with Gasteiger partial charge in [0.05, 0.1) is 0 Å². The number of rotatable bonds is 3. The first-order chi connectivity index (χ1) is 5.80. The van der Waals surface area contributed by atoms with E-state index in [0.29, 0.717) is 5.41 Å². The van der Waals surface area contributed by atoms with E-state index in [1.807, 2.05) is 7.05 Å². The lowest BCUT2D eigenvalue weighted by Crippen LogP contribution is -2.38. The van der Waals surface area contributed by atoms with E-state index in [1.54, 1.807) is 0 Å². The third kappa shape index (κ3) is 1.18. The Kier molecular flexibility index (Phi) is 2.35. The Hall–Kier alpha value is 0.250. The van der Waals surface area contributed by atoms with Crippen LogP contribution in [-0.2, 0) is 0 Å². The lowest BCUT2D eigenvalue weighted by Gasteiger charge is -2.35. The monoisotopic (exact) mass is 187 g/mol. The second-order valence-electron chi connectivity index (χ2n) is 4.61. The van der Waals surface area contributed by atoms with Crippen LogP contribution in [0.25, 0.3) is 0 Å². The van der Waals surface area contributed by atoms with Gasteiger partial charge in [0, 0.05) is 12.4 Å². The minimum Gasteiger partial charge on any atom is -0.319 e. The first-order valence-electron chi connectivity index (χ1n) is 5.01. The van der Waals surface area contributed by atoms with Crippen molar-refractivity contribution in [3.63, 3.8) is 0 Å². The molecule has 2 aliphatic carbocycles. The van der Waals surface area contributed by atoms with Crippen molar-refractivity contribution in [2.45, 2.75) is 25.7 Å². The molecule has 0 saturated heterocycles. The predicted molar refractivity (Wildman–Crippen MR) is 52.5 cm³/mol. The fourth-order valence-electron chi connectivity index (χ4n) is 3.34. The SMILES string of the molecule is CNCC1(CCl)CC2CCC1C2. The number of hydrogen-bond acceptors (Lipinski definition) is 1. The van der Waals surface area contributed by atoms with Crippen molar-refractivity contribution < 1.29 is 0 Å². The van der Waals surface area contributed by atoms with Gasteiger partial charge in [0.25, 0.3) is 0 Å². The van der Waals surface area contributed by atoms with Gasteiger partial charge in [0.15, 0.2) is 0 Å². The van der Waals surface area contributed by atoms with Crippen LogP contribution in [-0.4, -0.2) is 19.5 Å². The fourth-order valence-corrected chi connectivity index (χ4v) is 3.76. The van der Waals surface area contributed by atoms with Gasteiger partial charge in [-0.25, -0.2) is 0 Å². The second-order valence-corrected chi connectivity index (χ2v) is 4.87. The van der Waals surface area contributed by atoms with Crippen molar-refractivity contribution in [2.75, 3.05) is 19.5 Å². The van der Waals surface area contributed by atoms with Crippen LogP contribution in [0.15, 0.2) is 0 Å². The summed E-state index contributed by atoms with van der Waals surface area (Å²) in [5.74, 6) is 2.78. The largest absolute Gasteiger partial charge is 0.319 e. The Balaban J connectivity index is 2.08. The van der Waals surface area contributed by atoms with Crippen molar-refractivity contribution >= 4 is 11.6 Å². The summed E-state index contributed by atoms with van der Waals surface area (Å²) in [5, 5.41) is 3.30. The molecule has 1 nitrogen and oxygen atoms in total. The van der Waals surface area contributed by atoms with E-state index in [2.05, 4.69) is 5.32 Å². The Bertz CT molecular complexity index is 171. The van der Waals surface area contributed by atoms with Crippen molar-refractivity contribution in [3.05, 3.63) is 0 Å². The molecule has 3 atom stereocenters. The Morgan fingerprint density at radius 3 is 2.75 bits per heavy atom.